The Morgan fingerprint density at radius 3 is 2.36 bits per heavy atom. The van der Waals surface area contributed by atoms with Crippen molar-refractivity contribution in [3.63, 3.8) is 0 Å². The topological polar surface area (TPSA) is 4.93 Å². The van der Waals surface area contributed by atoms with E-state index in [4.69, 9.17) is 0 Å². The lowest BCUT2D eigenvalue weighted by molar-refractivity contribution is 0.631. The molecule has 0 spiro atoms. The molecule has 0 bridgehead atoms. The maximum Gasteiger partial charge on any atom is 0.131 e. The van der Waals surface area contributed by atoms with Crippen molar-refractivity contribution in [2.45, 2.75) is 6.92 Å². The fraction of sp³-hybridized carbons (Fsp3) is 0.167. The summed E-state index contributed by atoms with van der Waals surface area (Å²) in [5, 5.41) is 0. The van der Waals surface area contributed by atoms with Crippen molar-refractivity contribution in [1.29, 1.82) is 0 Å². The van der Waals surface area contributed by atoms with Crippen LogP contribution in [0.5, 0.6) is 0 Å². The number of rotatable bonds is 1. The van der Waals surface area contributed by atoms with Crippen LogP contribution in [0.25, 0.3) is 11.1 Å². The Hall–Kier alpha value is -1.57. The van der Waals surface area contributed by atoms with Crippen molar-refractivity contribution in [1.82, 2.24) is 4.57 Å². The van der Waals surface area contributed by atoms with Gasteiger partial charge in [-0.2, -0.15) is 0 Å². The number of hydrogen-bond acceptors (Lipinski definition) is 0. The molecule has 2 rings (SSSR count). The van der Waals surface area contributed by atoms with Gasteiger partial charge in [-0.1, -0.05) is 18.2 Å². The number of nitrogens with zero attached hydrogens (tertiary/aromatic N) is 1. The highest BCUT2D eigenvalue weighted by molar-refractivity contribution is 5.67. The molecule has 0 unspecified atom stereocenters. The van der Waals surface area contributed by atoms with Gasteiger partial charge in [0.2, 0.25) is 0 Å². The third kappa shape index (κ3) is 1.43. The standard InChI is InChI=1S/C12H12FN/c1-9-7-14(2)8-11(9)10-5-3-4-6-12(10)13/h3-8H,1-2H3. The first-order chi connectivity index (χ1) is 6.68. The van der Waals surface area contributed by atoms with Gasteiger partial charge in [0.25, 0.3) is 0 Å². The summed E-state index contributed by atoms with van der Waals surface area (Å²) in [6, 6.07) is 6.85. The quantitative estimate of drug-likeness (QED) is 0.649. The summed E-state index contributed by atoms with van der Waals surface area (Å²) in [5.74, 6) is -0.165. The molecule has 72 valence electrons. The van der Waals surface area contributed by atoms with E-state index >= 15 is 0 Å². The largest absolute Gasteiger partial charge is 0.356 e. The number of aromatic nitrogens is 1. The van der Waals surface area contributed by atoms with E-state index in [1.54, 1.807) is 12.1 Å². The highest BCUT2D eigenvalue weighted by Gasteiger charge is 2.07. The average Bonchev–Trinajstić information content (AvgIpc) is 2.46. The van der Waals surface area contributed by atoms with Gasteiger partial charge in [0.1, 0.15) is 5.82 Å². The second kappa shape index (κ2) is 3.29. The Morgan fingerprint density at radius 1 is 1.07 bits per heavy atom. The van der Waals surface area contributed by atoms with Gasteiger partial charge in [0.15, 0.2) is 0 Å². The minimum atomic E-state index is -0.165. The van der Waals surface area contributed by atoms with Crippen LogP contribution in [0.1, 0.15) is 5.56 Å². The molecule has 0 radical (unpaired) electrons. The third-order valence-corrected chi connectivity index (χ3v) is 2.32. The molecule has 1 nitrogen and oxygen atoms in total. The van der Waals surface area contributed by atoms with Gasteiger partial charge in [-0.05, 0) is 18.6 Å². The molecule has 2 aromatic rings. The van der Waals surface area contributed by atoms with Crippen molar-refractivity contribution < 1.29 is 4.39 Å². The van der Waals surface area contributed by atoms with Crippen molar-refractivity contribution >= 4 is 0 Å². The first kappa shape index (κ1) is 9.00. The fourth-order valence-corrected chi connectivity index (χ4v) is 1.68. The third-order valence-electron chi connectivity index (χ3n) is 2.32. The van der Waals surface area contributed by atoms with E-state index in [9.17, 15) is 4.39 Å². The molecule has 0 aliphatic heterocycles. The maximum absolute atomic E-state index is 13.5. The van der Waals surface area contributed by atoms with E-state index in [2.05, 4.69) is 0 Å². The van der Waals surface area contributed by atoms with E-state index in [1.807, 2.05) is 37.0 Å². The molecular formula is C12H12FN. The second-order valence-electron chi connectivity index (χ2n) is 3.50. The minimum Gasteiger partial charge on any atom is -0.356 e. The molecule has 0 saturated heterocycles. The van der Waals surface area contributed by atoms with Crippen molar-refractivity contribution in [2.24, 2.45) is 7.05 Å². The number of benzene rings is 1. The van der Waals surface area contributed by atoms with Crippen molar-refractivity contribution in [3.8, 4) is 11.1 Å². The Kier molecular flexibility index (Phi) is 2.12. The fourth-order valence-electron chi connectivity index (χ4n) is 1.68. The average molecular weight is 189 g/mol. The van der Waals surface area contributed by atoms with Gasteiger partial charge < -0.3 is 4.57 Å². The molecule has 0 saturated carbocycles. The SMILES string of the molecule is Cc1cn(C)cc1-c1ccccc1F. The van der Waals surface area contributed by atoms with Gasteiger partial charge in [-0.3, -0.25) is 0 Å². The monoisotopic (exact) mass is 189 g/mol. The molecule has 0 aliphatic carbocycles. The summed E-state index contributed by atoms with van der Waals surface area (Å²) < 4.78 is 15.4. The normalized spacial score (nSPS) is 10.5. The van der Waals surface area contributed by atoms with Crippen LogP contribution >= 0.6 is 0 Å². The minimum absolute atomic E-state index is 0.165. The zero-order valence-corrected chi connectivity index (χ0v) is 8.29. The van der Waals surface area contributed by atoms with Gasteiger partial charge in [-0.15, -0.1) is 0 Å². The van der Waals surface area contributed by atoms with Crippen LogP contribution in [0.2, 0.25) is 0 Å². The van der Waals surface area contributed by atoms with Crippen molar-refractivity contribution in [2.75, 3.05) is 0 Å². The molecule has 1 aromatic carbocycles. The molecule has 0 N–H and O–H groups in total. The maximum atomic E-state index is 13.5. The van der Waals surface area contributed by atoms with Crippen molar-refractivity contribution in [3.05, 3.63) is 48.0 Å². The summed E-state index contributed by atoms with van der Waals surface area (Å²) in [6.45, 7) is 1.99. The van der Waals surface area contributed by atoms with E-state index in [1.165, 1.54) is 6.07 Å². The Labute approximate surface area is 82.8 Å². The van der Waals surface area contributed by atoms with E-state index in [0.717, 1.165) is 11.1 Å². The Balaban J connectivity index is 2.60. The lowest BCUT2D eigenvalue weighted by Crippen LogP contribution is -1.83. The number of halogens is 1. The second-order valence-corrected chi connectivity index (χ2v) is 3.50. The molecular weight excluding hydrogens is 177 g/mol. The van der Waals surface area contributed by atoms with Crippen LogP contribution in [0.15, 0.2) is 36.7 Å². The lowest BCUT2D eigenvalue weighted by Gasteiger charge is -2.00. The van der Waals surface area contributed by atoms with E-state index in [-0.39, 0.29) is 5.82 Å². The van der Waals surface area contributed by atoms with Gasteiger partial charge in [0.05, 0.1) is 0 Å². The smallest absolute Gasteiger partial charge is 0.131 e. The van der Waals surface area contributed by atoms with Crippen LogP contribution in [0.3, 0.4) is 0 Å². The van der Waals surface area contributed by atoms with E-state index in [0.29, 0.717) is 5.56 Å². The Bertz CT molecular complexity index is 457. The summed E-state index contributed by atoms with van der Waals surface area (Å²) >= 11 is 0. The molecule has 1 aromatic heterocycles. The molecule has 0 aliphatic rings. The summed E-state index contributed by atoms with van der Waals surface area (Å²) in [7, 11) is 1.94. The first-order valence-corrected chi connectivity index (χ1v) is 4.56. The molecule has 1 heterocycles. The molecule has 0 amide bonds. The number of hydrogen-bond donors (Lipinski definition) is 0. The highest BCUT2D eigenvalue weighted by Crippen LogP contribution is 2.25. The summed E-state index contributed by atoms with van der Waals surface area (Å²) in [6.07, 6.45) is 3.93. The molecule has 2 heteroatoms. The summed E-state index contributed by atoms with van der Waals surface area (Å²) in [4.78, 5) is 0. The van der Waals surface area contributed by atoms with Crippen LogP contribution in [0, 0.1) is 12.7 Å². The summed E-state index contributed by atoms with van der Waals surface area (Å²) in [5.41, 5.74) is 2.73. The van der Waals surface area contributed by atoms with Gasteiger partial charge >= 0.3 is 0 Å². The predicted molar refractivity (Wildman–Crippen MR) is 55.5 cm³/mol. The van der Waals surface area contributed by atoms with E-state index < -0.39 is 0 Å². The highest BCUT2D eigenvalue weighted by atomic mass is 19.1. The van der Waals surface area contributed by atoms with Crippen LogP contribution < -0.4 is 0 Å². The predicted octanol–water partition coefficient (Wildman–Crippen LogP) is 3.14. The Morgan fingerprint density at radius 2 is 1.79 bits per heavy atom. The molecule has 0 atom stereocenters. The first-order valence-electron chi connectivity index (χ1n) is 4.56. The zero-order chi connectivity index (χ0) is 10.1. The zero-order valence-electron chi connectivity index (χ0n) is 8.29. The van der Waals surface area contributed by atoms with Gasteiger partial charge in [-0.25, -0.2) is 4.39 Å². The number of aryl methyl sites for hydroxylation is 2. The van der Waals surface area contributed by atoms with Gasteiger partial charge in [0, 0.05) is 30.6 Å². The van der Waals surface area contributed by atoms with Crippen LogP contribution in [0.4, 0.5) is 4.39 Å². The van der Waals surface area contributed by atoms with Crippen LogP contribution in [-0.4, -0.2) is 4.57 Å². The molecule has 14 heavy (non-hydrogen) atoms. The molecule has 0 fully saturated rings. The van der Waals surface area contributed by atoms with Crippen LogP contribution in [-0.2, 0) is 7.05 Å². The lowest BCUT2D eigenvalue weighted by atomic mass is 10.1.